The molecule has 0 amide bonds. The fourth-order valence-electron chi connectivity index (χ4n) is 2.82. The molecule has 0 unspecified atom stereocenters. The van der Waals surface area contributed by atoms with Crippen molar-refractivity contribution in [3.8, 4) is 0 Å². The molecule has 5 nitrogen and oxygen atoms in total. The number of carbonyl (C=O) groups excluding carboxylic acids is 3. The van der Waals surface area contributed by atoms with Crippen LogP contribution in [-0.4, -0.2) is 30.2 Å². The second-order valence-electron chi connectivity index (χ2n) is 6.73. The summed E-state index contributed by atoms with van der Waals surface area (Å²) in [6, 6.07) is 17.4. The van der Waals surface area contributed by atoms with Gasteiger partial charge >= 0.3 is 5.97 Å². The van der Waals surface area contributed by atoms with Crippen LogP contribution < -0.4 is 5.32 Å². The number of halogens is 2. The molecule has 3 aromatic carbocycles. The summed E-state index contributed by atoms with van der Waals surface area (Å²) in [4.78, 5) is 37.4. The van der Waals surface area contributed by atoms with Crippen LogP contribution >= 0.6 is 0 Å². The van der Waals surface area contributed by atoms with Gasteiger partial charge in [-0.15, -0.1) is 0 Å². The minimum Gasteiger partial charge on any atom is -0.456 e. The van der Waals surface area contributed by atoms with Crippen LogP contribution in [0.2, 0.25) is 0 Å². The fourth-order valence-corrected chi connectivity index (χ4v) is 2.82. The summed E-state index contributed by atoms with van der Waals surface area (Å²) >= 11 is 0. The topological polar surface area (TPSA) is 72.5 Å². The number of ether oxygens (including phenoxy) is 1. The molecule has 0 aromatic heterocycles. The summed E-state index contributed by atoms with van der Waals surface area (Å²) < 4.78 is 31.3. The van der Waals surface area contributed by atoms with Gasteiger partial charge in [0.05, 0.1) is 0 Å². The summed E-state index contributed by atoms with van der Waals surface area (Å²) in [6.45, 7) is -0.564. The number of hydrogen-bond acceptors (Lipinski definition) is 5. The zero-order chi connectivity index (χ0) is 22.2. The van der Waals surface area contributed by atoms with Crippen molar-refractivity contribution in [2.45, 2.75) is 12.5 Å². The van der Waals surface area contributed by atoms with E-state index in [9.17, 15) is 23.2 Å². The minimum absolute atomic E-state index is 0.192. The maximum absolute atomic E-state index is 13.2. The lowest BCUT2D eigenvalue weighted by Crippen LogP contribution is -2.34. The highest BCUT2D eigenvalue weighted by Gasteiger charge is 2.25. The van der Waals surface area contributed by atoms with Crippen LogP contribution in [0.15, 0.2) is 78.9 Å². The number of carbonyl (C=O) groups is 3. The van der Waals surface area contributed by atoms with E-state index in [-0.39, 0.29) is 17.8 Å². The van der Waals surface area contributed by atoms with E-state index in [4.69, 9.17) is 4.74 Å². The molecule has 0 aliphatic heterocycles. The quantitative estimate of drug-likeness (QED) is 0.407. The van der Waals surface area contributed by atoms with Gasteiger partial charge in [-0.25, -0.2) is 13.6 Å². The molecule has 0 aliphatic rings. The number of esters is 1. The Labute approximate surface area is 177 Å². The number of hydrogen-bond donors (Lipinski definition) is 1. The molecule has 0 saturated carbocycles. The highest BCUT2D eigenvalue weighted by molar-refractivity contribution is 6.01. The second-order valence-corrected chi connectivity index (χ2v) is 6.73. The molecule has 31 heavy (non-hydrogen) atoms. The molecular formula is C24H19F2NO4. The second kappa shape index (κ2) is 10.2. The number of Topliss-reactive ketones (excluding diaryl/α,β-unsaturated/α-hetero) is 2. The zero-order valence-electron chi connectivity index (χ0n) is 16.4. The first-order valence-corrected chi connectivity index (χ1v) is 9.48. The average molecular weight is 423 g/mol. The molecule has 1 N–H and O–H groups in total. The Balaban J connectivity index is 1.70. The summed E-state index contributed by atoms with van der Waals surface area (Å²) in [7, 11) is 0. The maximum atomic E-state index is 13.2. The van der Waals surface area contributed by atoms with Crippen molar-refractivity contribution < 1.29 is 27.9 Å². The van der Waals surface area contributed by atoms with E-state index in [1.807, 2.05) is 0 Å². The summed E-state index contributed by atoms with van der Waals surface area (Å²) in [5.41, 5.74) is 1.02. The van der Waals surface area contributed by atoms with Crippen molar-refractivity contribution in [1.29, 1.82) is 0 Å². The molecule has 0 aliphatic carbocycles. The third-order valence-electron chi connectivity index (χ3n) is 4.47. The molecule has 0 saturated heterocycles. The molecular weight excluding hydrogens is 404 g/mol. The lowest BCUT2D eigenvalue weighted by atomic mass is 10.0. The van der Waals surface area contributed by atoms with E-state index in [0.717, 1.165) is 12.1 Å². The van der Waals surface area contributed by atoms with Gasteiger partial charge in [0, 0.05) is 23.2 Å². The summed E-state index contributed by atoms with van der Waals surface area (Å²) in [6.07, 6.45) is -0.231. The molecule has 0 radical (unpaired) electrons. The molecule has 1 atom stereocenters. The average Bonchev–Trinajstić information content (AvgIpc) is 2.79. The van der Waals surface area contributed by atoms with Crippen LogP contribution in [0.1, 0.15) is 27.1 Å². The van der Waals surface area contributed by atoms with E-state index in [0.29, 0.717) is 11.3 Å². The van der Waals surface area contributed by atoms with Crippen LogP contribution in [0.4, 0.5) is 14.5 Å². The molecule has 7 heteroatoms. The smallest absolute Gasteiger partial charge is 0.329 e. The van der Waals surface area contributed by atoms with Crippen molar-refractivity contribution in [2.75, 3.05) is 11.9 Å². The van der Waals surface area contributed by atoms with Gasteiger partial charge in [0.15, 0.2) is 18.2 Å². The fraction of sp³-hybridized carbons (Fsp3) is 0.125. The van der Waals surface area contributed by atoms with Crippen molar-refractivity contribution in [1.82, 2.24) is 0 Å². The van der Waals surface area contributed by atoms with Gasteiger partial charge < -0.3 is 10.1 Å². The first-order chi connectivity index (χ1) is 14.9. The van der Waals surface area contributed by atoms with E-state index in [1.54, 1.807) is 30.3 Å². The molecule has 0 fully saturated rings. The Bertz CT molecular complexity index is 1050. The Morgan fingerprint density at radius 1 is 0.742 bits per heavy atom. The van der Waals surface area contributed by atoms with E-state index >= 15 is 0 Å². The maximum Gasteiger partial charge on any atom is 0.329 e. The van der Waals surface area contributed by atoms with Gasteiger partial charge in [-0.2, -0.15) is 0 Å². The number of benzene rings is 3. The van der Waals surface area contributed by atoms with Crippen molar-refractivity contribution in [2.24, 2.45) is 0 Å². The third kappa shape index (κ3) is 6.30. The summed E-state index contributed by atoms with van der Waals surface area (Å²) in [5.74, 6) is -2.57. The normalized spacial score (nSPS) is 11.4. The number of anilines is 1. The molecule has 3 rings (SSSR count). The largest absolute Gasteiger partial charge is 0.456 e. The number of ketones is 2. The van der Waals surface area contributed by atoms with Crippen LogP contribution in [0.5, 0.6) is 0 Å². The lowest BCUT2D eigenvalue weighted by Gasteiger charge is -2.18. The third-order valence-corrected chi connectivity index (χ3v) is 4.47. The molecule has 0 bridgehead atoms. The summed E-state index contributed by atoms with van der Waals surface area (Å²) in [5, 5.41) is 2.85. The van der Waals surface area contributed by atoms with Crippen LogP contribution in [0.25, 0.3) is 0 Å². The van der Waals surface area contributed by atoms with Crippen molar-refractivity contribution in [3.63, 3.8) is 0 Å². The Hall–Kier alpha value is -3.87. The molecule has 0 heterocycles. The highest BCUT2D eigenvalue weighted by atomic mass is 19.1. The van der Waals surface area contributed by atoms with Gasteiger partial charge in [0.2, 0.25) is 0 Å². The first-order valence-electron chi connectivity index (χ1n) is 9.48. The predicted octanol–water partition coefficient (Wildman–Crippen LogP) is 4.44. The van der Waals surface area contributed by atoms with Crippen molar-refractivity contribution >= 4 is 23.2 Å². The SMILES string of the molecule is O=C(COC(=O)[C@@H](CC(=O)c1ccccc1)Nc1ccc(F)cc1)c1ccc(F)cc1. The monoisotopic (exact) mass is 423 g/mol. The number of nitrogens with one attached hydrogen (secondary N) is 1. The van der Waals surface area contributed by atoms with E-state index < -0.39 is 36.0 Å². The van der Waals surface area contributed by atoms with Gasteiger partial charge in [0.25, 0.3) is 0 Å². The molecule has 3 aromatic rings. The van der Waals surface area contributed by atoms with Crippen LogP contribution in [0.3, 0.4) is 0 Å². The van der Waals surface area contributed by atoms with Gasteiger partial charge in [-0.05, 0) is 48.5 Å². The van der Waals surface area contributed by atoms with Gasteiger partial charge in [-0.1, -0.05) is 30.3 Å². The first kappa shape index (κ1) is 21.8. The highest BCUT2D eigenvalue weighted by Crippen LogP contribution is 2.15. The number of rotatable bonds is 9. The van der Waals surface area contributed by atoms with Crippen LogP contribution in [0, 0.1) is 11.6 Å². The van der Waals surface area contributed by atoms with Crippen LogP contribution in [-0.2, 0) is 9.53 Å². The Kier molecular flexibility index (Phi) is 7.22. The minimum atomic E-state index is -1.10. The Morgan fingerprint density at radius 2 is 1.29 bits per heavy atom. The van der Waals surface area contributed by atoms with E-state index in [2.05, 4.69) is 5.32 Å². The predicted molar refractivity (Wildman–Crippen MR) is 111 cm³/mol. The standard InChI is InChI=1S/C24H19F2NO4/c25-18-8-6-17(7-9-18)23(29)15-31-24(30)21(27-20-12-10-19(26)11-13-20)14-22(28)16-4-2-1-3-5-16/h1-13,21,27H,14-15H2/t21-/m1/s1. The Morgan fingerprint density at radius 3 is 1.90 bits per heavy atom. The zero-order valence-corrected chi connectivity index (χ0v) is 16.4. The van der Waals surface area contributed by atoms with Gasteiger partial charge in [-0.3, -0.25) is 9.59 Å². The van der Waals surface area contributed by atoms with Gasteiger partial charge in [0.1, 0.15) is 17.7 Å². The molecule has 158 valence electrons. The van der Waals surface area contributed by atoms with E-state index in [1.165, 1.54) is 36.4 Å². The lowest BCUT2D eigenvalue weighted by molar-refractivity contribution is -0.143. The van der Waals surface area contributed by atoms with Crippen molar-refractivity contribution in [3.05, 3.63) is 102 Å². The molecule has 0 spiro atoms.